The number of morpholine rings is 1. The number of hydrogen-bond acceptors (Lipinski definition) is 9. The van der Waals surface area contributed by atoms with Gasteiger partial charge in [0, 0.05) is 45.0 Å². The maximum absolute atomic E-state index is 13.7. The van der Waals surface area contributed by atoms with Gasteiger partial charge >= 0.3 is 5.97 Å². The van der Waals surface area contributed by atoms with Crippen LogP contribution in [-0.4, -0.2) is 57.5 Å². The van der Waals surface area contributed by atoms with Crippen LogP contribution in [0.2, 0.25) is 0 Å². The van der Waals surface area contributed by atoms with E-state index in [0.29, 0.717) is 39.6 Å². The van der Waals surface area contributed by atoms with Crippen LogP contribution in [0.1, 0.15) is 31.2 Å². The molecule has 0 aliphatic carbocycles. The number of allylic oxidation sites excluding steroid dienone is 1. The normalized spacial score (nSPS) is 18.0. The summed E-state index contributed by atoms with van der Waals surface area (Å²) in [4.78, 5) is 36.1. The molecular weight excluding hydrogens is 492 g/mol. The van der Waals surface area contributed by atoms with Crippen LogP contribution in [0.4, 0.5) is 11.6 Å². The Bertz CT molecular complexity index is 1510. The van der Waals surface area contributed by atoms with Crippen molar-refractivity contribution in [1.29, 1.82) is 0 Å². The number of hydrogen-bond donors (Lipinski definition) is 0. The zero-order valence-corrected chi connectivity index (χ0v) is 22.2. The molecule has 0 saturated carbocycles. The number of rotatable bonds is 6. The fraction of sp³-hybridized carbons (Fsp3) is 0.370. The van der Waals surface area contributed by atoms with Crippen molar-refractivity contribution in [2.24, 2.45) is 4.99 Å². The highest BCUT2D eigenvalue weighted by atomic mass is 32.1. The lowest BCUT2D eigenvalue weighted by Gasteiger charge is -2.26. The average molecular weight is 523 g/mol. The van der Waals surface area contributed by atoms with Crippen molar-refractivity contribution in [2.75, 3.05) is 56.8 Å². The number of ether oxygens (including phenoxy) is 2. The van der Waals surface area contributed by atoms with E-state index >= 15 is 0 Å². The van der Waals surface area contributed by atoms with Gasteiger partial charge in [-0.2, -0.15) is 0 Å². The predicted molar refractivity (Wildman–Crippen MR) is 143 cm³/mol. The summed E-state index contributed by atoms with van der Waals surface area (Å²) in [7, 11) is 3.93. The van der Waals surface area contributed by atoms with E-state index in [2.05, 4.69) is 9.89 Å². The van der Waals surface area contributed by atoms with Crippen LogP contribution in [0.25, 0.3) is 6.08 Å². The smallest absolute Gasteiger partial charge is 0.338 e. The Labute approximate surface area is 218 Å². The molecule has 194 valence electrons. The summed E-state index contributed by atoms with van der Waals surface area (Å²) in [5, 5.41) is 0. The third-order valence-electron chi connectivity index (χ3n) is 6.45. The molecule has 0 spiro atoms. The predicted octanol–water partition coefficient (Wildman–Crippen LogP) is 2.29. The van der Waals surface area contributed by atoms with Crippen molar-refractivity contribution < 1.29 is 18.7 Å². The monoisotopic (exact) mass is 522 g/mol. The number of fused-ring (bicyclic) bond motifs is 1. The van der Waals surface area contributed by atoms with Crippen molar-refractivity contribution in [1.82, 2.24) is 4.57 Å². The minimum atomic E-state index is -0.644. The number of esters is 1. The van der Waals surface area contributed by atoms with Crippen LogP contribution < -0.4 is 24.7 Å². The van der Waals surface area contributed by atoms with Gasteiger partial charge in [0.05, 0.1) is 41.7 Å². The molecule has 0 bridgehead atoms. The van der Waals surface area contributed by atoms with E-state index in [4.69, 9.17) is 13.9 Å². The number of thiazole rings is 1. The molecule has 4 heterocycles. The standard InChI is InChI=1S/C27H30N4O5S/c1-5-35-26(33)23-17(2)28-27-31(24(23)18-6-8-19(9-7-18)29(3)4)25(32)21(37-27)16-20-10-11-22(36-20)30-12-14-34-15-13-30/h6-11,16,24H,5,12-15H2,1-4H3/b21-16+/t24-/m0/s1. The van der Waals surface area contributed by atoms with Gasteiger partial charge in [-0.3, -0.25) is 9.36 Å². The van der Waals surface area contributed by atoms with Crippen LogP contribution in [0.5, 0.6) is 0 Å². The van der Waals surface area contributed by atoms with Crippen molar-refractivity contribution >= 4 is 35.0 Å². The molecule has 10 heteroatoms. The molecule has 2 aliphatic heterocycles. The molecule has 0 N–H and O–H groups in total. The van der Waals surface area contributed by atoms with Crippen LogP contribution >= 0.6 is 11.3 Å². The summed E-state index contributed by atoms with van der Waals surface area (Å²) in [5.74, 6) is 0.863. The first-order chi connectivity index (χ1) is 17.9. The second-order valence-electron chi connectivity index (χ2n) is 9.06. The molecular formula is C27H30N4O5S. The molecule has 1 fully saturated rings. The quantitative estimate of drug-likeness (QED) is 0.459. The Morgan fingerprint density at radius 1 is 1.19 bits per heavy atom. The molecule has 1 saturated heterocycles. The van der Waals surface area contributed by atoms with Gasteiger partial charge in [-0.05, 0) is 37.6 Å². The first-order valence-corrected chi connectivity index (χ1v) is 13.1. The van der Waals surface area contributed by atoms with Gasteiger partial charge in [-0.1, -0.05) is 23.5 Å². The molecule has 0 amide bonds. The number of benzene rings is 1. The van der Waals surface area contributed by atoms with E-state index < -0.39 is 12.0 Å². The van der Waals surface area contributed by atoms with Gasteiger partial charge in [0.25, 0.3) is 5.56 Å². The number of carbonyl (C=O) groups excluding carboxylic acids is 1. The topological polar surface area (TPSA) is 89.5 Å². The largest absolute Gasteiger partial charge is 0.463 e. The van der Waals surface area contributed by atoms with Gasteiger partial charge in [0.15, 0.2) is 10.7 Å². The molecule has 37 heavy (non-hydrogen) atoms. The van der Waals surface area contributed by atoms with Crippen LogP contribution in [0.15, 0.2) is 61.9 Å². The molecule has 2 aromatic heterocycles. The van der Waals surface area contributed by atoms with Gasteiger partial charge in [-0.25, -0.2) is 9.79 Å². The molecule has 5 rings (SSSR count). The lowest BCUT2D eigenvalue weighted by Crippen LogP contribution is -2.39. The van der Waals surface area contributed by atoms with Gasteiger partial charge in [0.2, 0.25) is 0 Å². The lowest BCUT2D eigenvalue weighted by molar-refractivity contribution is -0.139. The molecule has 0 unspecified atom stereocenters. The minimum Gasteiger partial charge on any atom is -0.463 e. The highest BCUT2D eigenvalue weighted by Crippen LogP contribution is 2.31. The Hall–Kier alpha value is -3.63. The van der Waals surface area contributed by atoms with Crippen molar-refractivity contribution in [3.63, 3.8) is 0 Å². The average Bonchev–Trinajstić information content (AvgIpc) is 3.48. The second-order valence-corrected chi connectivity index (χ2v) is 10.1. The Morgan fingerprint density at radius 2 is 1.92 bits per heavy atom. The van der Waals surface area contributed by atoms with Crippen molar-refractivity contribution in [2.45, 2.75) is 19.9 Å². The van der Waals surface area contributed by atoms with E-state index in [0.717, 1.165) is 30.2 Å². The Kier molecular flexibility index (Phi) is 7.03. The number of aromatic nitrogens is 1. The first kappa shape index (κ1) is 25.0. The summed E-state index contributed by atoms with van der Waals surface area (Å²) in [6.07, 6.45) is 1.74. The molecule has 3 aromatic rings. The Balaban J connectivity index is 1.60. The minimum absolute atomic E-state index is 0.232. The summed E-state index contributed by atoms with van der Waals surface area (Å²) < 4.78 is 18.9. The van der Waals surface area contributed by atoms with Crippen molar-refractivity contribution in [3.05, 3.63) is 78.7 Å². The fourth-order valence-corrected chi connectivity index (χ4v) is 5.59. The molecule has 9 nitrogen and oxygen atoms in total. The third kappa shape index (κ3) is 4.86. The maximum Gasteiger partial charge on any atom is 0.338 e. The van der Waals surface area contributed by atoms with Crippen molar-refractivity contribution in [3.8, 4) is 0 Å². The number of carbonyl (C=O) groups is 1. The SMILES string of the molecule is CCOC(=O)C1=C(C)N=c2s/c(=C/c3ccc(N4CCOCC4)o3)c(=O)n2[C@H]1c1ccc(N(C)C)cc1. The van der Waals surface area contributed by atoms with Gasteiger partial charge in [0.1, 0.15) is 5.76 Å². The number of furan rings is 1. The molecule has 1 aromatic carbocycles. The zero-order valence-electron chi connectivity index (χ0n) is 21.4. The van der Waals surface area contributed by atoms with Gasteiger partial charge < -0.3 is 23.7 Å². The van der Waals surface area contributed by atoms with E-state index in [1.54, 1.807) is 24.5 Å². The summed E-state index contributed by atoms with van der Waals surface area (Å²) in [5.41, 5.74) is 2.50. The zero-order chi connectivity index (χ0) is 26.1. The first-order valence-electron chi connectivity index (χ1n) is 12.3. The Morgan fingerprint density at radius 3 is 2.59 bits per heavy atom. The van der Waals surface area contributed by atoms with Crippen LogP contribution in [0, 0.1) is 0 Å². The van der Waals surface area contributed by atoms with E-state index in [9.17, 15) is 9.59 Å². The summed E-state index contributed by atoms with van der Waals surface area (Å²) >= 11 is 1.28. The van der Waals surface area contributed by atoms with E-state index in [1.165, 1.54) is 11.3 Å². The molecule has 0 radical (unpaired) electrons. The third-order valence-corrected chi connectivity index (χ3v) is 7.43. The van der Waals surface area contributed by atoms with Crippen LogP contribution in [-0.2, 0) is 14.3 Å². The maximum atomic E-state index is 13.7. The molecule has 1 atom stereocenters. The van der Waals surface area contributed by atoms with Crippen LogP contribution in [0.3, 0.4) is 0 Å². The lowest BCUT2D eigenvalue weighted by atomic mass is 9.95. The highest BCUT2D eigenvalue weighted by molar-refractivity contribution is 7.07. The number of anilines is 2. The summed E-state index contributed by atoms with van der Waals surface area (Å²) in [6.45, 7) is 6.62. The van der Waals surface area contributed by atoms with Gasteiger partial charge in [-0.15, -0.1) is 0 Å². The van der Waals surface area contributed by atoms with E-state index in [1.807, 2.05) is 55.4 Å². The highest BCUT2D eigenvalue weighted by Gasteiger charge is 2.33. The summed E-state index contributed by atoms with van der Waals surface area (Å²) in [6, 6.07) is 10.9. The fourth-order valence-electron chi connectivity index (χ4n) is 4.56. The van der Waals surface area contributed by atoms with E-state index in [-0.39, 0.29) is 12.2 Å². The molecule has 2 aliphatic rings. The number of nitrogens with zero attached hydrogens (tertiary/aromatic N) is 4. The second kappa shape index (κ2) is 10.4.